The zero-order valence-electron chi connectivity index (χ0n) is 17.3. The van der Waals surface area contributed by atoms with Gasteiger partial charge in [-0.25, -0.2) is 13.2 Å². The van der Waals surface area contributed by atoms with Crippen LogP contribution < -0.4 is 11.5 Å². The largest absolute Gasteiger partial charge is 0.463 e. The van der Waals surface area contributed by atoms with E-state index < -0.39 is 20.9 Å². The normalized spacial score (nSPS) is 12.0. The van der Waals surface area contributed by atoms with Crippen molar-refractivity contribution in [3.05, 3.63) is 63.0 Å². The maximum absolute atomic E-state index is 13.4. The third-order valence-corrected chi connectivity index (χ3v) is 8.93. The van der Waals surface area contributed by atoms with E-state index in [1.807, 2.05) is 0 Å². The molecule has 0 aliphatic rings. The molecular formula is C20H18N4O6S3. The highest BCUT2D eigenvalue weighted by Gasteiger charge is 2.26. The third kappa shape index (κ3) is 4.84. The number of amides is 1. The lowest BCUT2D eigenvalue weighted by Gasteiger charge is -2.12. The van der Waals surface area contributed by atoms with Crippen LogP contribution >= 0.6 is 23.1 Å². The number of non-ortho nitro benzene ring substituents is 1. The van der Waals surface area contributed by atoms with Crippen LogP contribution in [0.3, 0.4) is 0 Å². The summed E-state index contributed by atoms with van der Waals surface area (Å²) in [7, 11) is -4.02. The first-order valence-electron chi connectivity index (χ1n) is 9.11. The molecule has 0 atom stereocenters. The summed E-state index contributed by atoms with van der Waals surface area (Å²) in [4.78, 5) is 24.8. The number of carboxylic acid groups (broad SMARTS) is 1. The average molecular weight is 507 g/mol. The quantitative estimate of drug-likeness (QED) is 0.110. The van der Waals surface area contributed by atoms with E-state index in [2.05, 4.69) is 4.99 Å². The van der Waals surface area contributed by atoms with Crippen molar-refractivity contribution < 1.29 is 23.2 Å². The Hall–Kier alpha value is -3.42. The molecule has 0 unspecified atom stereocenters. The van der Waals surface area contributed by atoms with Crippen molar-refractivity contribution in [1.29, 1.82) is 0 Å². The van der Waals surface area contributed by atoms with Crippen LogP contribution in [0.2, 0.25) is 0 Å². The summed E-state index contributed by atoms with van der Waals surface area (Å²) in [5, 5.41) is 19.9. The van der Waals surface area contributed by atoms with Gasteiger partial charge in [-0.1, -0.05) is 12.1 Å². The minimum absolute atomic E-state index is 0.0226. The molecule has 13 heteroatoms. The molecule has 5 N–H and O–H groups in total. The summed E-state index contributed by atoms with van der Waals surface area (Å²) in [5.74, 6) is -0.299. The Morgan fingerprint density at radius 2 is 1.94 bits per heavy atom. The van der Waals surface area contributed by atoms with Gasteiger partial charge >= 0.3 is 6.09 Å². The molecule has 1 aromatic heterocycles. The molecular weight excluding hydrogens is 488 g/mol. The molecule has 1 heterocycles. The van der Waals surface area contributed by atoms with E-state index in [9.17, 15) is 23.3 Å². The minimum Gasteiger partial charge on any atom is -0.463 e. The zero-order valence-corrected chi connectivity index (χ0v) is 19.8. The van der Waals surface area contributed by atoms with Gasteiger partial charge in [0, 0.05) is 23.4 Å². The van der Waals surface area contributed by atoms with Crippen molar-refractivity contribution in [2.24, 2.45) is 10.7 Å². The first-order valence-corrected chi connectivity index (χ1v) is 12.6. The van der Waals surface area contributed by atoms with Crippen molar-refractivity contribution in [3.63, 3.8) is 0 Å². The molecule has 0 bridgehead atoms. The predicted molar refractivity (Wildman–Crippen MR) is 128 cm³/mol. The number of carbonyl (C=O) groups is 1. The molecule has 3 aromatic rings. The second-order valence-electron chi connectivity index (χ2n) is 6.76. The number of aliphatic imine (C=N–C) groups is 1. The van der Waals surface area contributed by atoms with E-state index in [1.165, 1.54) is 42.1 Å². The average Bonchev–Trinajstić information content (AvgIpc) is 3.18. The second-order valence-corrected chi connectivity index (χ2v) is 10.8. The fourth-order valence-electron chi connectivity index (χ4n) is 3.21. The summed E-state index contributed by atoms with van der Waals surface area (Å²) in [6.07, 6.45) is 0.205. The van der Waals surface area contributed by atoms with Gasteiger partial charge in [-0.15, -0.1) is 23.1 Å². The number of hydrogen-bond acceptors (Lipinski definition) is 8. The van der Waals surface area contributed by atoms with Crippen LogP contribution in [0, 0.1) is 17.0 Å². The summed E-state index contributed by atoms with van der Waals surface area (Å²) in [5.41, 5.74) is 13.2. The Labute approximate surface area is 197 Å². The van der Waals surface area contributed by atoms with Crippen molar-refractivity contribution in [2.75, 3.05) is 12.0 Å². The molecule has 3 rings (SSSR count). The number of nitrogens with two attached hydrogens (primary N) is 2. The first-order chi connectivity index (χ1) is 15.4. The molecule has 172 valence electrons. The summed E-state index contributed by atoms with van der Waals surface area (Å²) in [6, 6.07) is 9.97. The van der Waals surface area contributed by atoms with E-state index in [4.69, 9.17) is 16.6 Å². The van der Waals surface area contributed by atoms with E-state index >= 15 is 0 Å². The van der Waals surface area contributed by atoms with Crippen LogP contribution in [0.5, 0.6) is 0 Å². The number of amidine groups is 1. The number of thiophene rings is 1. The third-order valence-electron chi connectivity index (χ3n) is 4.60. The SMILES string of the molecule is CSc1sc(/C(N)=N\C(=O)O)cc1S(=O)(=O)c1cccc(-c2c(C)cc([N+](=O)[O-])cc2N)c1. The Bertz CT molecular complexity index is 1390. The highest BCUT2D eigenvalue weighted by molar-refractivity contribution is 8.01. The number of thioether (sulfide) groups is 1. The highest BCUT2D eigenvalue weighted by Crippen LogP contribution is 2.39. The van der Waals surface area contributed by atoms with Gasteiger partial charge in [-0.05, 0) is 42.5 Å². The number of hydrogen-bond donors (Lipinski definition) is 3. The lowest BCUT2D eigenvalue weighted by Crippen LogP contribution is -2.13. The molecule has 0 spiro atoms. The van der Waals surface area contributed by atoms with Crippen LogP contribution in [0.1, 0.15) is 10.4 Å². The van der Waals surface area contributed by atoms with Gasteiger partial charge < -0.3 is 16.6 Å². The predicted octanol–water partition coefficient (Wildman–Crippen LogP) is 4.15. The molecule has 1 amide bonds. The summed E-state index contributed by atoms with van der Waals surface area (Å²) >= 11 is 2.20. The second kappa shape index (κ2) is 9.21. The fourth-order valence-corrected chi connectivity index (χ4v) is 7.15. The van der Waals surface area contributed by atoms with Crippen LogP contribution in [0.15, 0.2) is 61.5 Å². The Balaban J connectivity index is 2.13. The van der Waals surface area contributed by atoms with Crippen molar-refractivity contribution in [3.8, 4) is 11.1 Å². The number of nitro groups is 1. The van der Waals surface area contributed by atoms with Crippen molar-refractivity contribution in [2.45, 2.75) is 20.9 Å². The lowest BCUT2D eigenvalue weighted by molar-refractivity contribution is -0.384. The summed E-state index contributed by atoms with van der Waals surface area (Å²) < 4.78 is 27.3. The van der Waals surface area contributed by atoms with Gasteiger partial charge in [0.25, 0.3) is 5.69 Å². The first kappa shape index (κ1) is 24.2. The monoisotopic (exact) mass is 506 g/mol. The molecule has 33 heavy (non-hydrogen) atoms. The maximum Gasteiger partial charge on any atom is 0.433 e. The van der Waals surface area contributed by atoms with Crippen LogP contribution in [-0.2, 0) is 9.84 Å². The molecule has 10 nitrogen and oxygen atoms in total. The topological polar surface area (TPSA) is 179 Å². The minimum atomic E-state index is -4.02. The van der Waals surface area contributed by atoms with Gasteiger partial charge in [-0.2, -0.15) is 4.99 Å². The van der Waals surface area contributed by atoms with Crippen LogP contribution in [0.25, 0.3) is 11.1 Å². The van der Waals surface area contributed by atoms with Gasteiger partial charge in [-0.3, -0.25) is 10.1 Å². The lowest BCUT2D eigenvalue weighted by atomic mass is 9.98. The molecule has 0 aliphatic heterocycles. The smallest absolute Gasteiger partial charge is 0.433 e. The standard InChI is InChI=1S/C20H18N4O6S3/c1-10-6-12(24(27)28)8-14(21)17(10)11-4-3-5-13(7-11)33(29,30)16-9-15(32-19(16)31-2)18(22)23-20(25)26/h3-9H,21H2,1-2H3,(H2,22,23)(H,25,26). The Kier molecular flexibility index (Phi) is 6.76. The number of benzene rings is 2. The van der Waals surface area contributed by atoms with E-state index in [-0.39, 0.29) is 31.9 Å². The number of anilines is 1. The highest BCUT2D eigenvalue weighted by atomic mass is 32.2. The Morgan fingerprint density at radius 1 is 1.24 bits per heavy atom. The number of sulfone groups is 1. The Morgan fingerprint density at radius 3 is 2.52 bits per heavy atom. The number of nitrogens with zero attached hydrogens (tertiary/aromatic N) is 2. The zero-order chi connectivity index (χ0) is 24.5. The van der Waals surface area contributed by atoms with Crippen molar-refractivity contribution >= 4 is 56.2 Å². The molecule has 0 saturated carbocycles. The number of nitro benzene ring substituents is 1. The van der Waals surface area contributed by atoms with Gasteiger partial charge in [0.1, 0.15) is 5.84 Å². The molecule has 0 saturated heterocycles. The fraction of sp³-hybridized carbons (Fsp3) is 0.100. The van der Waals surface area contributed by atoms with Gasteiger partial charge in [0.05, 0.1) is 23.8 Å². The number of nitrogen functional groups attached to an aromatic ring is 1. The van der Waals surface area contributed by atoms with Gasteiger partial charge in [0.2, 0.25) is 9.84 Å². The van der Waals surface area contributed by atoms with Crippen LogP contribution in [0.4, 0.5) is 16.2 Å². The molecule has 0 fully saturated rings. The van der Waals surface area contributed by atoms with E-state index in [0.717, 1.165) is 11.3 Å². The molecule has 0 radical (unpaired) electrons. The molecule has 2 aromatic carbocycles. The van der Waals surface area contributed by atoms with E-state index in [1.54, 1.807) is 25.3 Å². The summed E-state index contributed by atoms with van der Waals surface area (Å²) in [6.45, 7) is 1.65. The van der Waals surface area contributed by atoms with Gasteiger partial charge in [0.15, 0.2) is 0 Å². The maximum atomic E-state index is 13.4. The number of aryl methyl sites for hydroxylation is 1. The molecule has 0 aliphatic carbocycles. The van der Waals surface area contributed by atoms with Crippen molar-refractivity contribution in [1.82, 2.24) is 0 Å². The number of rotatable bonds is 6. The van der Waals surface area contributed by atoms with Crippen LogP contribution in [-0.4, -0.2) is 36.6 Å². The van der Waals surface area contributed by atoms with E-state index in [0.29, 0.717) is 20.9 Å².